The van der Waals surface area contributed by atoms with E-state index in [9.17, 15) is 0 Å². The SMILES string of the molecule is COc1c(Br)cc(Cl)cc1NC(C)c1cc(C)ccc1C. The smallest absolute Gasteiger partial charge is 0.156 e. The maximum absolute atomic E-state index is 6.14. The van der Waals surface area contributed by atoms with Crippen LogP contribution >= 0.6 is 27.5 Å². The summed E-state index contributed by atoms with van der Waals surface area (Å²) in [4.78, 5) is 0. The van der Waals surface area contributed by atoms with E-state index in [0.29, 0.717) is 5.02 Å². The zero-order valence-electron chi connectivity index (χ0n) is 12.6. The third-order valence-electron chi connectivity index (χ3n) is 3.49. The van der Waals surface area contributed by atoms with Gasteiger partial charge in [0.1, 0.15) is 0 Å². The number of anilines is 1. The normalized spacial score (nSPS) is 12.1. The third-order valence-corrected chi connectivity index (χ3v) is 4.29. The van der Waals surface area contributed by atoms with E-state index in [1.807, 2.05) is 12.1 Å². The van der Waals surface area contributed by atoms with Crippen molar-refractivity contribution in [2.75, 3.05) is 12.4 Å². The molecule has 0 saturated carbocycles. The standard InChI is InChI=1S/C17H19BrClNO/c1-10-5-6-11(2)14(7-10)12(3)20-16-9-13(19)8-15(18)17(16)21-4/h5-9,12,20H,1-4H3. The molecule has 112 valence electrons. The van der Waals surface area contributed by atoms with Gasteiger partial charge in [-0.3, -0.25) is 0 Å². The largest absolute Gasteiger partial charge is 0.493 e. The zero-order valence-corrected chi connectivity index (χ0v) is 15.0. The van der Waals surface area contributed by atoms with Crippen LogP contribution in [0.15, 0.2) is 34.8 Å². The molecule has 0 amide bonds. The Kier molecular flexibility index (Phi) is 5.17. The topological polar surface area (TPSA) is 21.3 Å². The minimum atomic E-state index is 0.157. The Balaban J connectivity index is 2.35. The molecule has 21 heavy (non-hydrogen) atoms. The van der Waals surface area contributed by atoms with E-state index in [4.69, 9.17) is 16.3 Å². The Morgan fingerprint density at radius 2 is 1.90 bits per heavy atom. The highest BCUT2D eigenvalue weighted by molar-refractivity contribution is 9.10. The summed E-state index contributed by atoms with van der Waals surface area (Å²) in [6.45, 7) is 6.36. The monoisotopic (exact) mass is 367 g/mol. The van der Waals surface area contributed by atoms with E-state index in [1.54, 1.807) is 7.11 Å². The second kappa shape index (κ2) is 6.71. The second-order valence-electron chi connectivity index (χ2n) is 5.19. The summed E-state index contributed by atoms with van der Waals surface area (Å²) >= 11 is 9.62. The number of hydrogen-bond donors (Lipinski definition) is 1. The van der Waals surface area contributed by atoms with Gasteiger partial charge in [-0.05, 0) is 60.0 Å². The highest BCUT2D eigenvalue weighted by atomic mass is 79.9. The molecule has 0 spiro atoms. The second-order valence-corrected chi connectivity index (χ2v) is 6.49. The van der Waals surface area contributed by atoms with Gasteiger partial charge in [0.2, 0.25) is 0 Å². The quantitative estimate of drug-likeness (QED) is 0.725. The Bertz CT molecular complexity index is 657. The molecular weight excluding hydrogens is 350 g/mol. The van der Waals surface area contributed by atoms with Crippen molar-refractivity contribution in [3.8, 4) is 5.75 Å². The van der Waals surface area contributed by atoms with Gasteiger partial charge in [-0.15, -0.1) is 0 Å². The summed E-state index contributed by atoms with van der Waals surface area (Å²) in [5.41, 5.74) is 4.67. The number of aryl methyl sites for hydroxylation is 2. The molecule has 0 saturated heterocycles. The van der Waals surface area contributed by atoms with Gasteiger partial charge in [0, 0.05) is 11.1 Å². The Labute approximate surface area is 139 Å². The van der Waals surface area contributed by atoms with Gasteiger partial charge in [0.25, 0.3) is 0 Å². The number of rotatable bonds is 4. The summed E-state index contributed by atoms with van der Waals surface area (Å²) in [6.07, 6.45) is 0. The number of ether oxygens (including phenoxy) is 1. The van der Waals surface area contributed by atoms with Gasteiger partial charge in [0.05, 0.1) is 17.3 Å². The summed E-state index contributed by atoms with van der Waals surface area (Å²) < 4.78 is 6.29. The van der Waals surface area contributed by atoms with Gasteiger partial charge in [-0.2, -0.15) is 0 Å². The van der Waals surface area contributed by atoms with Gasteiger partial charge >= 0.3 is 0 Å². The molecule has 2 rings (SSSR count). The summed E-state index contributed by atoms with van der Waals surface area (Å²) in [5.74, 6) is 0.761. The molecule has 0 heterocycles. The molecule has 4 heteroatoms. The van der Waals surface area contributed by atoms with Crippen molar-refractivity contribution in [3.05, 3.63) is 56.5 Å². The number of nitrogens with one attached hydrogen (secondary N) is 1. The van der Waals surface area contributed by atoms with Crippen LogP contribution in [0.3, 0.4) is 0 Å². The van der Waals surface area contributed by atoms with Crippen molar-refractivity contribution in [2.45, 2.75) is 26.8 Å². The predicted molar refractivity (Wildman–Crippen MR) is 93.7 cm³/mol. The molecule has 0 aliphatic carbocycles. The van der Waals surface area contributed by atoms with Crippen molar-refractivity contribution < 1.29 is 4.74 Å². The van der Waals surface area contributed by atoms with Gasteiger partial charge in [-0.25, -0.2) is 0 Å². The van der Waals surface area contributed by atoms with Crippen molar-refractivity contribution in [3.63, 3.8) is 0 Å². The maximum atomic E-state index is 6.14. The van der Waals surface area contributed by atoms with Crippen LogP contribution in [0.25, 0.3) is 0 Å². The summed E-state index contributed by atoms with van der Waals surface area (Å²) in [5, 5.41) is 4.15. The van der Waals surface area contributed by atoms with E-state index in [1.165, 1.54) is 16.7 Å². The molecule has 2 aromatic carbocycles. The summed E-state index contributed by atoms with van der Waals surface area (Å²) in [7, 11) is 1.65. The highest BCUT2D eigenvalue weighted by Gasteiger charge is 2.14. The minimum absolute atomic E-state index is 0.157. The van der Waals surface area contributed by atoms with Crippen molar-refractivity contribution in [2.24, 2.45) is 0 Å². The molecule has 2 nitrogen and oxygen atoms in total. The Morgan fingerprint density at radius 1 is 1.19 bits per heavy atom. The fourth-order valence-corrected chi connectivity index (χ4v) is 3.38. The fourth-order valence-electron chi connectivity index (χ4n) is 2.41. The molecular formula is C17H19BrClNO. The highest BCUT2D eigenvalue weighted by Crippen LogP contribution is 2.38. The first-order valence-corrected chi connectivity index (χ1v) is 7.96. The van der Waals surface area contributed by atoms with E-state index >= 15 is 0 Å². The molecule has 1 N–H and O–H groups in total. The lowest BCUT2D eigenvalue weighted by molar-refractivity contribution is 0.413. The Morgan fingerprint density at radius 3 is 2.57 bits per heavy atom. The molecule has 1 unspecified atom stereocenters. The minimum Gasteiger partial charge on any atom is -0.493 e. The molecule has 0 bridgehead atoms. The van der Waals surface area contributed by atoms with E-state index in [-0.39, 0.29) is 6.04 Å². The Hall–Kier alpha value is -1.19. The zero-order chi connectivity index (χ0) is 15.6. The molecule has 0 aromatic heterocycles. The average Bonchev–Trinajstić information content (AvgIpc) is 2.41. The lowest BCUT2D eigenvalue weighted by atomic mass is 10.00. The molecule has 0 aliphatic rings. The van der Waals surface area contributed by atoms with E-state index < -0.39 is 0 Å². The molecule has 0 radical (unpaired) electrons. The van der Waals surface area contributed by atoms with Gasteiger partial charge in [-0.1, -0.05) is 35.4 Å². The van der Waals surface area contributed by atoms with E-state index in [2.05, 4.69) is 60.2 Å². The lowest BCUT2D eigenvalue weighted by Gasteiger charge is -2.21. The number of halogens is 2. The maximum Gasteiger partial charge on any atom is 0.156 e. The lowest BCUT2D eigenvalue weighted by Crippen LogP contribution is -2.09. The first-order valence-electron chi connectivity index (χ1n) is 6.79. The average molecular weight is 369 g/mol. The van der Waals surface area contributed by atoms with Crippen molar-refractivity contribution in [1.82, 2.24) is 0 Å². The number of methoxy groups -OCH3 is 1. The van der Waals surface area contributed by atoms with Crippen LogP contribution in [0.2, 0.25) is 5.02 Å². The predicted octanol–water partition coefficient (Wildman–Crippen LogP) is 5.90. The van der Waals surface area contributed by atoms with Crippen LogP contribution in [0.4, 0.5) is 5.69 Å². The van der Waals surface area contributed by atoms with Gasteiger partial charge in [0.15, 0.2) is 5.75 Å². The van der Waals surface area contributed by atoms with Crippen molar-refractivity contribution >= 4 is 33.2 Å². The van der Waals surface area contributed by atoms with E-state index in [0.717, 1.165) is 15.9 Å². The van der Waals surface area contributed by atoms with Crippen LogP contribution in [-0.2, 0) is 0 Å². The molecule has 1 atom stereocenters. The molecule has 0 aliphatic heterocycles. The molecule has 0 fully saturated rings. The number of benzene rings is 2. The van der Waals surface area contributed by atoms with Crippen LogP contribution in [-0.4, -0.2) is 7.11 Å². The van der Waals surface area contributed by atoms with Crippen LogP contribution in [0.1, 0.15) is 29.7 Å². The van der Waals surface area contributed by atoms with Crippen molar-refractivity contribution in [1.29, 1.82) is 0 Å². The number of hydrogen-bond acceptors (Lipinski definition) is 2. The van der Waals surface area contributed by atoms with Gasteiger partial charge < -0.3 is 10.1 Å². The molecule has 2 aromatic rings. The third kappa shape index (κ3) is 3.72. The fraction of sp³-hybridized carbons (Fsp3) is 0.294. The van der Waals surface area contributed by atoms with Crippen LogP contribution < -0.4 is 10.1 Å². The first-order chi connectivity index (χ1) is 9.92. The first kappa shape index (κ1) is 16.2. The van der Waals surface area contributed by atoms with Crippen LogP contribution in [0, 0.1) is 13.8 Å². The summed E-state index contributed by atoms with van der Waals surface area (Å²) in [6, 6.07) is 10.3. The van der Waals surface area contributed by atoms with Crippen LogP contribution in [0.5, 0.6) is 5.75 Å².